The molecule has 0 amide bonds. The van der Waals surface area contributed by atoms with Crippen LogP contribution in [-0.2, 0) is 0 Å². The van der Waals surface area contributed by atoms with Crippen LogP contribution in [0.25, 0.3) is 0 Å². The number of nitrogens with one attached hydrogen (secondary N) is 1. The van der Waals surface area contributed by atoms with Gasteiger partial charge in [-0.15, -0.1) is 0 Å². The highest BCUT2D eigenvalue weighted by molar-refractivity contribution is 5.49. The van der Waals surface area contributed by atoms with Gasteiger partial charge in [0, 0.05) is 32.1 Å². The van der Waals surface area contributed by atoms with Crippen molar-refractivity contribution >= 4 is 11.6 Å². The number of aromatic nitrogens is 2. The molecule has 108 valence electrons. The zero-order valence-corrected chi connectivity index (χ0v) is 12.9. The topological polar surface area (TPSA) is 61.3 Å². The van der Waals surface area contributed by atoms with Gasteiger partial charge in [0.2, 0.25) is 0 Å². The Labute approximate surface area is 116 Å². The normalized spacial score (nSPS) is 11.8. The molecular formula is C14H26N4O. The highest BCUT2D eigenvalue weighted by Crippen LogP contribution is 2.21. The summed E-state index contributed by atoms with van der Waals surface area (Å²) in [7, 11) is 1.85. The van der Waals surface area contributed by atoms with Crippen LogP contribution in [-0.4, -0.2) is 40.8 Å². The Kier molecular flexibility index (Phi) is 5.11. The first-order valence-electron chi connectivity index (χ1n) is 6.81. The second-order valence-corrected chi connectivity index (χ2v) is 5.70. The van der Waals surface area contributed by atoms with Crippen LogP contribution in [0, 0.1) is 0 Å². The van der Waals surface area contributed by atoms with Crippen LogP contribution in [0.4, 0.5) is 11.6 Å². The fraction of sp³-hybridized carbons (Fsp3) is 0.714. The molecule has 19 heavy (non-hydrogen) atoms. The lowest BCUT2D eigenvalue weighted by Crippen LogP contribution is -2.39. The molecule has 5 nitrogen and oxygen atoms in total. The van der Waals surface area contributed by atoms with Crippen molar-refractivity contribution in [2.24, 2.45) is 0 Å². The predicted octanol–water partition coefficient (Wildman–Crippen LogP) is 2.24. The maximum absolute atomic E-state index is 9.98. The van der Waals surface area contributed by atoms with Gasteiger partial charge in [-0.1, -0.05) is 13.8 Å². The van der Waals surface area contributed by atoms with Gasteiger partial charge in [-0.05, 0) is 20.8 Å². The van der Waals surface area contributed by atoms with Gasteiger partial charge in [0.1, 0.15) is 17.5 Å². The molecule has 1 aromatic heterocycles. The molecule has 0 bridgehead atoms. The summed E-state index contributed by atoms with van der Waals surface area (Å²) in [4.78, 5) is 11.1. The summed E-state index contributed by atoms with van der Waals surface area (Å²) >= 11 is 0. The third kappa shape index (κ3) is 4.67. The van der Waals surface area contributed by atoms with E-state index in [1.54, 1.807) is 13.8 Å². The molecule has 0 unspecified atom stereocenters. The lowest BCUT2D eigenvalue weighted by molar-refractivity contribution is 0.0874. The van der Waals surface area contributed by atoms with E-state index in [4.69, 9.17) is 0 Å². The van der Waals surface area contributed by atoms with Gasteiger partial charge < -0.3 is 15.3 Å². The standard InChI is InChI=1S/C14H26N4O/c1-7-18(9-14(4,5)19)12-8-11(15-6)16-13(17-12)10(2)3/h8,10,19H,7,9H2,1-6H3,(H,15,16,17). The lowest BCUT2D eigenvalue weighted by Gasteiger charge is -2.29. The van der Waals surface area contributed by atoms with Crippen molar-refractivity contribution < 1.29 is 5.11 Å². The van der Waals surface area contributed by atoms with E-state index in [1.165, 1.54) is 0 Å². The molecule has 1 rings (SSSR count). The van der Waals surface area contributed by atoms with E-state index in [-0.39, 0.29) is 5.92 Å². The van der Waals surface area contributed by atoms with Crippen molar-refractivity contribution in [3.8, 4) is 0 Å². The van der Waals surface area contributed by atoms with Crippen molar-refractivity contribution in [3.05, 3.63) is 11.9 Å². The summed E-state index contributed by atoms with van der Waals surface area (Å²) in [5, 5.41) is 13.0. The molecule has 1 heterocycles. The average molecular weight is 266 g/mol. The zero-order chi connectivity index (χ0) is 14.6. The summed E-state index contributed by atoms with van der Waals surface area (Å²) in [6.45, 7) is 11.2. The van der Waals surface area contributed by atoms with Crippen molar-refractivity contribution in [2.75, 3.05) is 30.4 Å². The highest BCUT2D eigenvalue weighted by Gasteiger charge is 2.20. The molecule has 0 aliphatic carbocycles. The Morgan fingerprint density at radius 2 is 2.00 bits per heavy atom. The van der Waals surface area contributed by atoms with Crippen molar-refractivity contribution in [1.82, 2.24) is 9.97 Å². The van der Waals surface area contributed by atoms with Crippen LogP contribution in [0.3, 0.4) is 0 Å². The molecule has 0 aliphatic rings. The largest absolute Gasteiger partial charge is 0.389 e. The highest BCUT2D eigenvalue weighted by atomic mass is 16.3. The van der Waals surface area contributed by atoms with Crippen LogP contribution in [0.1, 0.15) is 46.4 Å². The summed E-state index contributed by atoms with van der Waals surface area (Å²) in [5.74, 6) is 2.75. The van der Waals surface area contributed by atoms with E-state index in [9.17, 15) is 5.11 Å². The minimum Gasteiger partial charge on any atom is -0.389 e. The monoisotopic (exact) mass is 266 g/mol. The Morgan fingerprint density at radius 1 is 1.37 bits per heavy atom. The SMILES string of the molecule is CCN(CC(C)(C)O)c1cc(NC)nc(C(C)C)n1. The number of hydrogen-bond acceptors (Lipinski definition) is 5. The molecule has 0 aromatic carbocycles. The van der Waals surface area contributed by atoms with E-state index < -0.39 is 5.60 Å². The minimum absolute atomic E-state index is 0.271. The molecule has 0 saturated heterocycles. The van der Waals surface area contributed by atoms with E-state index in [0.29, 0.717) is 6.54 Å². The second-order valence-electron chi connectivity index (χ2n) is 5.70. The lowest BCUT2D eigenvalue weighted by atomic mass is 10.1. The van der Waals surface area contributed by atoms with Crippen LogP contribution in [0.5, 0.6) is 0 Å². The molecule has 0 aliphatic heterocycles. The molecule has 0 radical (unpaired) electrons. The molecule has 5 heteroatoms. The summed E-state index contributed by atoms with van der Waals surface area (Å²) in [6.07, 6.45) is 0. The molecule has 2 N–H and O–H groups in total. The number of likely N-dealkylation sites (N-methyl/N-ethyl adjacent to an activating group) is 1. The van der Waals surface area contributed by atoms with Gasteiger partial charge in [-0.25, -0.2) is 9.97 Å². The smallest absolute Gasteiger partial charge is 0.135 e. The first-order chi connectivity index (χ1) is 8.76. The van der Waals surface area contributed by atoms with Gasteiger partial charge in [-0.2, -0.15) is 0 Å². The minimum atomic E-state index is -0.751. The van der Waals surface area contributed by atoms with Crippen LogP contribution < -0.4 is 10.2 Å². The first kappa shape index (κ1) is 15.7. The van der Waals surface area contributed by atoms with Crippen molar-refractivity contribution in [1.29, 1.82) is 0 Å². The van der Waals surface area contributed by atoms with Gasteiger partial charge >= 0.3 is 0 Å². The maximum Gasteiger partial charge on any atom is 0.135 e. The average Bonchev–Trinajstić information content (AvgIpc) is 2.34. The number of nitrogens with zero attached hydrogens (tertiary/aromatic N) is 3. The van der Waals surface area contributed by atoms with Gasteiger partial charge in [-0.3, -0.25) is 0 Å². The first-order valence-corrected chi connectivity index (χ1v) is 6.81. The second kappa shape index (κ2) is 6.19. The Hall–Kier alpha value is -1.36. The third-order valence-electron chi connectivity index (χ3n) is 2.79. The van der Waals surface area contributed by atoms with Crippen LogP contribution in [0.15, 0.2) is 6.07 Å². The fourth-order valence-electron chi connectivity index (χ4n) is 1.82. The van der Waals surface area contributed by atoms with Gasteiger partial charge in [0.25, 0.3) is 0 Å². The molecule has 1 aromatic rings. The van der Waals surface area contributed by atoms with Gasteiger partial charge in [0.15, 0.2) is 0 Å². The Morgan fingerprint density at radius 3 is 2.42 bits per heavy atom. The fourth-order valence-corrected chi connectivity index (χ4v) is 1.82. The van der Waals surface area contributed by atoms with Crippen molar-refractivity contribution in [3.63, 3.8) is 0 Å². The number of rotatable bonds is 6. The van der Waals surface area contributed by atoms with Crippen LogP contribution >= 0.6 is 0 Å². The van der Waals surface area contributed by atoms with Gasteiger partial charge in [0.05, 0.1) is 5.60 Å². The quantitative estimate of drug-likeness (QED) is 0.827. The molecule has 0 saturated carbocycles. The van der Waals surface area contributed by atoms with E-state index in [2.05, 4.69) is 41.0 Å². The Balaban J connectivity index is 3.12. The number of anilines is 2. The molecule has 0 spiro atoms. The maximum atomic E-state index is 9.98. The molecular weight excluding hydrogens is 240 g/mol. The van der Waals surface area contributed by atoms with E-state index in [0.717, 1.165) is 24.0 Å². The van der Waals surface area contributed by atoms with Crippen molar-refractivity contribution in [2.45, 2.75) is 46.1 Å². The number of aliphatic hydroxyl groups is 1. The summed E-state index contributed by atoms with van der Waals surface area (Å²) < 4.78 is 0. The van der Waals surface area contributed by atoms with E-state index >= 15 is 0 Å². The zero-order valence-electron chi connectivity index (χ0n) is 12.9. The summed E-state index contributed by atoms with van der Waals surface area (Å²) in [6, 6.07) is 1.92. The molecule has 0 atom stereocenters. The number of hydrogen-bond donors (Lipinski definition) is 2. The van der Waals surface area contributed by atoms with E-state index in [1.807, 2.05) is 13.1 Å². The predicted molar refractivity (Wildman–Crippen MR) is 79.9 cm³/mol. The summed E-state index contributed by atoms with van der Waals surface area (Å²) in [5.41, 5.74) is -0.751. The van der Waals surface area contributed by atoms with Crippen LogP contribution in [0.2, 0.25) is 0 Å². The molecule has 0 fully saturated rings. The third-order valence-corrected chi connectivity index (χ3v) is 2.79. The Bertz CT molecular complexity index is 412.